The van der Waals surface area contributed by atoms with Crippen LogP contribution in [0.4, 0.5) is 5.69 Å². The van der Waals surface area contributed by atoms with Crippen molar-refractivity contribution >= 4 is 35.0 Å². The summed E-state index contributed by atoms with van der Waals surface area (Å²) in [6.45, 7) is 8.27. The van der Waals surface area contributed by atoms with Gasteiger partial charge in [0.1, 0.15) is 0 Å². The van der Waals surface area contributed by atoms with Crippen molar-refractivity contribution in [3.8, 4) is 11.4 Å². The Balaban J connectivity index is 1.78. The SMILES string of the molecule is C=CCn1c(SC(C)C(=O)Nc2ccc(Cl)cc2)nnc1-c1cccc(C)c1. The van der Waals surface area contributed by atoms with E-state index in [-0.39, 0.29) is 11.2 Å². The Morgan fingerprint density at radius 3 is 2.71 bits per heavy atom. The molecule has 1 amide bonds. The van der Waals surface area contributed by atoms with Gasteiger partial charge in [-0.25, -0.2) is 0 Å². The van der Waals surface area contributed by atoms with Gasteiger partial charge in [-0.2, -0.15) is 0 Å². The number of aromatic nitrogens is 3. The lowest BCUT2D eigenvalue weighted by Crippen LogP contribution is -2.22. The van der Waals surface area contributed by atoms with Crippen molar-refractivity contribution in [2.45, 2.75) is 30.8 Å². The highest BCUT2D eigenvalue weighted by molar-refractivity contribution is 8.00. The van der Waals surface area contributed by atoms with Crippen molar-refractivity contribution in [2.75, 3.05) is 5.32 Å². The zero-order chi connectivity index (χ0) is 20.1. The molecule has 0 fully saturated rings. The van der Waals surface area contributed by atoms with Crippen LogP contribution < -0.4 is 5.32 Å². The maximum absolute atomic E-state index is 12.5. The summed E-state index contributed by atoms with van der Waals surface area (Å²) < 4.78 is 1.97. The van der Waals surface area contributed by atoms with Crippen LogP contribution in [0.15, 0.2) is 66.3 Å². The van der Waals surface area contributed by atoms with Crippen molar-refractivity contribution < 1.29 is 4.79 Å². The molecule has 0 aliphatic rings. The Bertz CT molecular complexity index is 984. The van der Waals surface area contributed by atoms with Gasteiger partial charge in [-0.15, -0.1) is 16.8 Å². The highest BCUT2D eigenvalue weighted by Crippen LogP contribution is 2.28. The molecule has 1 heterocycles. The van der Waals surface area contributed by atoms with Gasteiger partial charge >= 0.3 is 0 Å². The molecule has 28 heavy (non-hydrogen) atoms. The topological polar surface area (TPSA) is 59.8 Å². The van der Waals surface area contributed by atoms with Gasteiger partial charge in [0.2, 0.25) is 5.91 Å². The number of amides is 1. The minimum absolute atomic E-state index is 0.113. The second-order valence-electron chi connectivity index (χ2n) is 6.33. The number of thioether (sulfide) groups is 1. The van der Waals surface area contributed by atoms with Crippen molar-refractivity contribution in [1.29, 1.82) is 0 Å². The minimum atomic E-state index is -0.353. The average molecular weight is 413 g/mol. The first-order valence-corrected chi connectivity index (χ1v) is 10.1. The highest BCUT2D eigenvalue weighted by Gasteiger charge is 2.20. The summed E-state index contributed by atoms with van der Waals surface area (Å²) in [6.07, 6.45) is 1.80. The molecule has 144 valence electrons. The van der Waals surface area contributed by atoms with E-state index in [1.54, 1.807) is 30.3 Å². The van der Waals surface area contributed by atoms with E-state index >= 15 is 0 Å². The number of anilines is 1. The van der Waals surface area contributed by atoms with Crippen LogP contribution >= 0.6 is 23.4 Å². The van der Waals surface area contributed by atoms with Crippen LogP contribution in [0.5, 0.6) is 0 Å². The van der Waals surface area contributed by atoms with Gasteiger partial charge in [-0.05, 0) is 44.2 Å². The summed E-state index contributed by atoms with van der Waals surface area (Å²) >= 11 is 7.25. The van der Waals surface area contributed by atoms with E-state index in [0.717, 1.165) is 17.0 Å². The van der Waals surface area contributed by atoms with Crippen molar-refractivity contribution in [3.63, 3.8) is 0 Å². The summed E-state index contributed by atoms with van der Waals surface area (Å²) in [5.74, 6) is 0.647. The fourth-order valence-corrected chi connectivity index (χ4v) is 3.64. The molecule has 0 saturated carbocycles. The number of carbonyl (C=O) groups is 1. The summed E-state index contributed by atoms with van der Waals surface area (Å²) in [4.78, 5) is 12.5. The summed E-state index contributed by atoms with van der Waals surface area (Å²) in [5.41, 5.74) is 2.84. The molecule has 3 rings (SSSR count). The van der Waals surface area contributed by atoms with Crippen LogP contribution in [-0.4, -0.2) is 25.9 Å². The van der Waals surface area contributed by atoms with E-state index in [9.17, 15) is 4.79 Å². The number of nitrogens with zero attached hydrogens (tertiary/aromatic N) is 3. The number of allylic oxidation sites excluding steroid dienone is 1. The third-order valence-corrected chi connectivity index (χ3v) is 5.40. The lowest BCUT2D eigenvalue weighted by molar-refractivity contribution is -0.115. The summed E-state index contributed by atoms with van der Waals surface area (Å²) in [6, 6.07) is 15.1. The molecule has 1 unspecified atom stereocenters. The first-order chi connectivity index (χ1) is 13.5. The third kappa shape index (κ3) is 4.82. The van der Waals surface area contributed by atoms with E-state index in [1.165, 1.54) is 11.8 Å². The van der Waals surface area contributed by atoms with E-state index in [1.807, 2.05) is 36.6 Å². The molecular weight excluding hydrogens is 392 g/mol. The Hall–Kier alpha value is -2.57. The smallest absolute Gasteiger partial charge is 0.237 e. The number of hydrogen-bond donors (Lipinski definition) is 1. The lowest BCUT2D eigenvalue weighted by atomic mass is 10.1. The predicted octanol–water partition coefficient (Wildman–Crippen LogP) is 5.21. The number of carbonyl (C=O) groups excluding carboxylic acids is 1. The molecule has 0 spiro atoms. The third-order valence-electron chi connectivity index (χ3n) is 4.07. The number of hydrogen-bond acceptors (Lipinski definition) is 4. The maximum atomic E-state index is 12.5. The molecule has 7 heteroatoms. The zero-order valence-electron chi connectivity index (χ0n) is 15.7. The summed E-state index contributed by atoms with van der Waals surface area (Å²) in [7, 11) is 0. The van der Waals surface area contributed by atoms with Gasteiger partial charge in [-0.3, -0.25) is 9.36 Å². The molecule has 0 aliphatic carbocycles. The number of nitrogens with one attached hydrogen (secondary N) is 1. The molecule has 2 aromatic carbocycles. The largest absolute Gasteiger partial charge is 0.325 e. The average Bonchev–Trinajstić information content (AvgIpc) is 3.06. The van der Waals surface area contributed by atoms with E-state index in [2.05, 4.69) is 28.2 Å². The molecule has 0 saturated heterocycles. The van der Waals surface area contributed by atoms with Crippen LogP contribution in [0.2, 0.25) is 5.02 Å². The van der Waals surface area contributed by atoms with Crippen LogP contribution in [0.3, 0.4) is 0 Å². The van der Waals surface area contributed by atoms with Gasteiger partial charge in [0, 0.05) is 22.8 Å². The van der Waals surface area contributed by atoms with E-state index in [4.69, 9.17) is 11.6 Å². The highest BCUT2D eigenvalue weighted by atomic mass is 35.5. The Morgan fingerprint density at radius 1 is 1.29 bits per heavy atom. The summed E-state index contributed by atoms with van der Waals surface area (Å²) in [5, 5.41) is 12.5. The van der Waals surface area contributed by atoms with Crippen LogP contribution in [0.1, 0.15) is 12.5 Å². The first-order valence-electron chi connectivity index (χ1n) is 8.82. The van der Waals surface area contributed by atoms with Crippen molar-refractivity contribution in [1.82, 2.24) is 14.8 Å². The quantitative estimate of drug-likeness (QED) is 0.427. The molecule has 5 nitrogen and oxygen atoms in total. The maximum Gasteiger partial charge on any atom is 0.237 e. The number of aryl methyl sites for hydroxylation is 1. The van der Waals surface area contributed by atoms with Crippen LogP contribution in [0.25, 0.3) is 11.4 Å². The second-order valence-corrected chi connectivity index (χ2v) is 8.08. The fourth-order valence-electron chi connectivity index (χ4n) is 2.66. The van der Waals surface area contributed by atoms with Gasteiger partial charge in [-0.1, -0.05) is 53.2 Å². The normalized spacial score (nSPS) is 11.8. The van der Waals surface area contributed by atoms with Gasteiger partial charge in [0.25, 0.3) is 0 Å². The molecule has 1 N–H and O–H groups in total. The van der Waals surface area contributed by atoms with E-state index in [0.29, 0.717) is 22.4 Å². The Labute approximate surface area is 173 Å². The van der Waals surface area contributed by atoms with Crippen molar-refractivity contribution in [3.05, 3.63) is 71.8 Å². The number of halogens is 1. The molecular formula is C21H21ClN4OS. The van der Waals surface area contributed by atoms with Gasteiger partial charge < -0.3 is 5.32 Å². The molecule has 0 aliphatic heterocycles. The second kappa shape index (κ2) is 9.08. The standard InChI is InChI=1S/C21H21ClN4OS/c1-4-12-26-19(16-7-5-6-14(2)13-16)24-25-21(26)28-15(3)20(27)23-18-10-8-17(22)9-11-18/h4-11,13,15H,1,12H2,2-3H3,(H,23,27). The molecule has 1 atom stereocenters. The van der Waals surface area contributed by atoms with Crippen LogP contribution in [0, 0.1) is 6.92 Å². The minimum Gasteiger partial charge on any atom is -0.325 e. The Morgan fingerprint density at radius 2 is 2.04 bits per heavy atom. The predicted molar refractivity (Wildman–Crippen MR) is 116 cm³/mol. The zero-order valence-corrected chi connectivity index (χ0v) is 17.3. The van der Waals surface area contributed by atoms with E-state index < -0.39 is 0 Å². The van der Waals surface area contributed by atoms with Crippen LogP contribution in [-0.2, 0) is 11.3 Å². The molecule has 0 bridgehead atoms. The first kappa shape index (κ1) is 20.2. The number of benzene rings is 2. The molecule has 1 aromatic heterocycles. The van der Waals surface area contributed by atoms with Gasteiger partial charge in [0.05, 0.1) is 5.25 Å². The van der Waals surface area contributed by atoms with Crippen molar-refractivity contribution in [2.24, 2.45) is 0 Å². The molecule has 0 radical (unpaired) electrons. The fraction of sp³-hybridized carbons (Fsp3) is 0.190. The van der Waals surface area contributed by atoms with Gasteiger partial charge in [0.15, 0.2) is 11.0 Å². The monoisotopic (exact) mass is 412 g/mol. The Kier molecular flexibility index (Phi) is 6.54. The molecule has 3 aromatic rings. The lowest BCUT2D eigenvalue weighted by Gasteiger charge is -2.13. The number of rotatable bonds is 7.